The molecule has 1 N–H and O–H groups in total. The van der Waals surface area contributed by atoms with E-state index < -0.39 is 24.5 Å². The molecule has 0 spiro atoms. The number of carbonyl (C=O) groups is 3. The quantitative estimate of drug-likeness (QED) is 0.348. The number of H-pyrrole nitrogens is 1. The van der Waals surface area contributed by atoms with Crippen molar-refractivity contribution in [2.45, 2.75) is 26.8 Å². The van der Waals surface area contributed by atoms with Gasteiger partial charge in [-0.15, -0.1) is 0 Å². The lowest BCUT2D eigenvalue weighted by Crippen LogP contribution is -2.34. The molecule has 8 nitrogen and oxygen atoms in total. The number of amides is 1. The highest BCUT2D eigenvalue weighted by Crippen LogP contribution is 2.28. The van der Waals surface area contributed by atoms with Crippen LogP contribution in [0.1, 0.15) is 33.4 Å². The molecular weight excluding hydrogens is 466 g/mol. The molecule has 2 aromatic carbocycles. The zero-order chi connectivity index (χ0) is 24.8. The van der Waals surface area contributed by atoms with Crippen molar-refractivity contribution in [1.29, 1.82) is 0 Å². The fourth-order valence-electron chi connectivity index (χ4n) is 3.62. The summed E-state index contributed by atoms with van der Waals surface area (Å²) in [5.74, 6) is -1.43. The number of fused-ring (bicyclic) bond motifs is 1. The minimum Gasteiger partial charge on any atom is -0.462 e. The van der Waals surface area contributed by atoms with Crippen LogP contribution in [-0.2, 0) is 32.0 Å². The summed E-state index contributed by atoms with van der Waals surface area (Å²) < 4.78 is 10.4. The Balaban J connectivity index is 1.49. The number of hydrogen-bond acceptors (Lipinski definition) is 7. The first-order valence-electron chi connectivity index (χ1n) is 11.2. The van der Waals surface area contributed by atoms with Crippen LogP contribution < -0.4 is 4.90 Å². The maximum Gasteiger partial charge on any atom is 0.350 e. The maximum atomic E-state index is 13.2. The number of rotatable bonds is 9. The lowest BCUT2D eigenvalue weighted by Gasteiger charge is -2.20. The zero-order valence-electron chi connectivity index (χ0n) is 19.4. The molecule has 0 saturated carbocycles. The molecule has 0 bridgehead atoms. The summed E-state index contributed by atoms with van der Waals surface area (Å²) in [4.78, 5) is 47.3. The van der Waals surface area contributed by atoms with Crippen LogP contribution in [0.2, 0.25) is 0 Å². The number of benzene rings is 2. The molecule has 0 unspecified atom stereocenters. The van der Waals surface area contributed by atoms with Crippen LogP contribution in [0.3, 0.4) is 0 Å². The lowest BCUT2D eigenvalue weighted by atomic mass is 10.1. The SMILES string of the molecule is CCOC(=O)c1sc(N(Cc2ccccc2)C(=O)COC(=O)Cc2c[nH]c3ccccc23)nc1C. The predicted octanol–water partition coefficient (Wildman–Crippen LogP) is 4.43. The van der Waals surface area contributed by atoms with Gasteiger partial charge in [0.2, 0.25) is 0 Å². The van der Waals surface area contributed by atoms with Gasteiger partial charge < -0.3 is 14.5 Å². The van der Waals surface area contributed by atoms with Crippen molar-refractivity contribution in [3.05, 3.63) is 82.5 Å². The summed E-state index contributed by atoms with van der Waals surface area (Å²) in [5, 5.41) is 1.28. The summed E-state index contributed by atoms with van der Waals surface area (Å²) in [6, 6.07) is 17.1. The highest BCUT2D eigenvalue weighted by molar-refractivity contribution is 7.17. The molecule has 9 heteroatoms. The van der Waals surface area contributed by atoms with Gasteiger partial charge in [0.1, 0.15) is 4.88 Å². The molecule has 2 aromatic heterocycles. The van der Waals surface area contributed by atoms with Crippen LogP contribution in [0.15, 0.2) is 60.8 Å². The number of para-hydroxylation sites is 1. The molecule has 4 rings (SSSR count). The van der Waals surface area contributed by atoms with Crippen molar-refractivity contribution in [1.82, 2.24) is 9.97 Å². The van der Waals surface area contributed by atoms with Crippen molar-refractivity contribution in [3.8, 4) is 0 Å². The minimum atomic E-state index is -0.509. The number of thiazole rings is 1. The van der Waals surface area contributed by atoms with E-state index >= 15 is 0 Å². The molecule has 0 aliphatic heterocycles. The van der Waals surface area contributed by atoms with Gasteiger partial charge in [0.05, 0.1) is 25.3 Å². The molecule has 0 aliphatic rings. The summed E-state index contributed by atoms with van der Waals surface area (Å²) in [5.41, 5.74) is 3.08. The van der Waals surface area contributed by atoms with Crippen LogP contribution in [0.4, 0.5) is 5.13 Å². The van der Waals surface area contributed by atoms with E-state index in [0.29, 0.717) is 15.7 Å². The van der Waals surface area contributed by atoms with Gasteiger partial charge in [0.15, 0.2) is 11.7 Å². The first-order chi connectivity index (χ1) is 17.0. The Labute approximate surface area is 206 Å². The van der Waals surface area contributed by atoms with Crippen LogP contribution in [0.5, 0.6) is 0 Å². The molecule has 1 amide bonds. The smallest absolute Gasteiger partial charge is 0.350 e. The third-order valence-corrected chi connectivity index (χ3v) is 6.49. The molecule has 0 fully saturated rings. The fourth-order valence-corrected chi connectivity index (χ4v) is 4.59. The number of nitrogens with one attached hydrogen (secondary N) is 1. The molecule has 0 aliphatic carbocycles. The van der Waals surface area contributed by atoms with E-state index in [0.717, 1.165) is 33.4 Å². The average Bonchev–Trinajstić information content (AvgIpc) is 3.45. The second kappa shape index (κ2) is 11.0. The number of aryl methyl sites for hydroxylation is 1. The van der Waals surface area contributed by atoms with E-state index in [4.69, 9.17) is 9.47 Å². The number of anilines is 1. The van der Waals surface area contributed by atoms with Gasteiger partial charge >= 0.3 is 11.9 Å². The monoisotopic (exact) mass is 491 g/mol. The van der Waals surface area contributed by atoms with Crippen molar-refractivity contribution >= 4 is 45.2 Å². The van der Waals surface area contributed by atoms with Crippen LogP contribution in [-0.4, -0.2) is 41.0 Å². The Bertz CT molecular complexity index is 1350. The van der Waals surface area contributed by atoms with E-state index in [2.05, 4.69) is 9.97 Å². The number of aromatic nitrogens is 2. The average molecular weight is 492 g/mol. The van der Waals surface area contributed by atoms with Crippen molar-refractivity contribution in [2.24, 2.45) is 0 Å². The van der Waals surface area contributed by atoms with Gasteiger partial charge in [0.25, 0.3) is 5.91 Å². The normalized spacial score (nSPS) is 10.8. The standard InChI is InChI=1S/C26H25N3O5S/c1-3-33-25(32)24-17(2)28-26(35-24)29(15-18-9-5-4-6-10-18)22(30)16-34-23(31)13-19-14-27-21-12-8-7-11-20(19)21/h4-12,14,27H,3,13,15-16H2,1-2H3. The number of aromatic amines is 1. The Morgan fingerprint density at radius 2 is 1.77 bits per heavy atom. The third-order valence-electron chi connectivity index (χ3n) is 5.33. The van der Waals surface area contributed by atoms with Gasteiger partial charge in [0, 0.05) is 17.1 Å². The van der Waals surface area contributed by atoms with Gasteiger partial charge in [-0.3, -0.25) is 14.5 Å². The molecule has 180 valence electrons. The topological polar surface area (TPSA) is 102 Å². The number of carbonyl (C=O) groups excluding carboxylic acids is 3. The molecule has 4 aromatic rings. The molecule has 0 saturated heterocycles. The van der Waals surface area contributed by atoms with E-state index in [1.165, 1.54) is 4.90 Å². The minimum absolute atomic E-state index is 0.0410. The number of nitrogens with zero attached hydrogens (tertiary/aromatic N) is 2. The molecule has 0 radical (unpaired) electrons. The number of esters is 2. The molecule has 0 atom stereocenters. The van der Waals surface area contributed by atoms with Gasteiger partial charge in [-0.25, -0.2) is 9.78 Å². The van der Waals surface area contributed by atoms with Crippen LogP contribution in [0.25, 0.3) is 10.9 Å². The fraction of sp³-hybridized carbons (Fsp3) is 0.231. The molecular formula is C26H25N3O5S. The molecule has 35 heavy (non-hydrogen) atoms. The maximum absolute atomic E-state index is 13.2. The van der Waals surface area contributed by atoms with E-state index in [1.807, 2.05) is 54.6 Å². The van der Waals surface area contributed by atoms with E-state index in [-0.39, 0.29) is 19.6 Å². The largest absolute Gasteiger partial charge is 0.462 e. The Hall–Kier alpha value is -3.98. The Morgan fingerprint density at radius 1 is 1.03 bits per heavy atom. The summed E-state index contributed by atoms with van der Waals surface area (Å²) in [7, 11) is 0. The first-order valence-corrected chi connectivity index (χ1v) is 12.0. The van der Waals surface area contributed by atoms with Gasteiger partial charge in [-0.05, 0) is 31.0 Å². The Kier molecular flexibility index (Phi) is 7.57. The van der Waals surface area contributed by atoms with Crippen LogP contribution in [0, 0.1) is 6.92 Å². The summed E-state index contributed by atoms with van der Waals surface area (Å²) in [6.07, 6.45) is 1.81. The van der Waals surface area contributed by atoms with E-state index in [9.17, 15) is 14.4 Å². The molecule has 2 heterocycles. The third kappa shape index (κ3) is 5.75. The van der Waals surface area contributed by atoms with Crippen LogP contribution >= 0.6 is 11.3 Å². The van der Waals surface area contributed by atoms with E-state index in [1.54, 1.807) is 20.0 Å². The number of ether oxygens (including phenoxy) is 2. The lowest BCUT2D eigenvalue weighted by molar-refractivity contribution is -0.147. The van der Waals surface area contributed by atoms with Crippen molar-refractivity contribution in [2.75, 3.05) is 18.1 Å². The summed E-state index contributed by atoms with van der Waals surface area (Å²) >= 11 is 1.08. The zero-order valence-corrected chi connectivity index (χ0v) is 20.3. The second-order valence-corrected chi connectivity index (χ2v) is 8.77. The predicted molar refractivity (Wildman–Crippen MR) is 133 cm³/mol. The van der Waals surface area contributed by atoms with Gasteiger partial charge in [-0.2, -0.15) is 0 Å². The van der Waals surface area contributed by atoms with Gasteiger partial charge in [-0.1, -0.05) is 59.9 Å². The first kappa shape index (κ1) is 24.2. The highest BCUT2D eigenvalue weighted by atomic mass is 32.1. The van der Waals surface area contributed by atoms with Crippen molar-refractivity contribution < 1.29 is 23.9 Å². The highest BCUT2D eigenvalue weighted by Gasteiger charge is 2.25. The Morgan fingerprint density at radius 3 is 2.54 bits per heavy atom. The summed E-state index contributed by atoms with van der Waals surface area (Å²) in [6.45, 7) is 3.44. The second-order valence-electron chi connectivity index (χ2n) is 7.79. The number of hydrogen-bond donors (Lipinski definition) is 1. The van der Waals surface area contributed by atoms with Crippen molar-refractivity contribution in [3.63, 3.8) is 0 Å².